The summed E-state index contributed by atoms with van der Waals surface area (Å²) in [6, 6.07) is 0.684. The molecule has 1 atom stereocenters. The van der Waals surface area contributed by atoms with Gasteiger partial charge >= 0.3 is 8.56 Å². The fourth-order valence-electron chi connectivity index (χ4n) is 1.45. The van der Waals surface area contributed by atoms with Gasteiger partial charge in [0, 0.05) is 13.2 Å². The van der Waals surface area contributed by atoms with Gasteiger partial charge in [0.1, 0.15) is 5.79 Å². The molecule has 0 amide bonds. The van der Waals surface area contributed by atoms with Crippen LogP contribution in [0, 0.1) is 0 Å². The van der Waals surface area contributed by atoms with Gasteiger partial charge in [-0.1, -0.05) is 13.8 Å². The number of hydrogen-bond donors (Lipinski definition) is 0. The van der Waals surface area contributed by atoms with Crippen LogP contribution in [0.3, 0.4) is 0 Å². The third kappa shape index (κ3) is 3.36. The predicted octanol–water partition coefficient (Wildman–Crippen LogP) is 2.81. The Hall–Kier alpha value is 0.0669. The molecule has 0 fully saturated rings. The maximum atomic E-state index is 13.6. The first-order valence-corrected chi connectivity index (χ1v) is 7.18. The van der Waals surface area contributed by atoms with Gasteiger partial charge in [-0.25, -0.2) is 4.39 Å². The topological polar surface area (TPSA) is 18.5 Å². The van der Waals surface area contributed by atoms with Crippen molar-refractivity contribution in [3.8, 4) is 0 Å². The van der Waals surface area contributed by atoms with Crippen molar-refractivity contribution in [2.75, 3.05) is 13.2 Å². The zero-order valence-electron chi connectivity index (χ0n) is 9.10. The standard InChI is InChI=1S/C9H21FO2Si/c1-5-9(10)13(8-4,11-6-2)12-7-3/h9H,5-8H2,1-4H3. The molecular formula is C9H21FO2Si. The van der Waals surface area contributed by atoms with Crippen molar-refractivity contribution < 1.29 is 13.2 Å². The van der Waals surface area contributed by atoms with Crippen LogP contribution in [0.5, 0.6) is 0 Å². The maximum absolute atomic E-state index is 13.6. The molecule has 0 radical (unpaired) electrons. The minimum atomic E-state index is -2.54. The Morgan fingerprint density at radius 1 is 1.08 bits per heavy atom. The van der Waals surface area contributed by atoms with Gasteiger partial charge in [-0.2, -0.15) is 0 Å². The van der Waals surface area contributed by atoms with E-state index in [9.17, 15) is 4.39 Å². The molecule has 0 saturated carbocycles. The number of alkyl halides is 1. The van der Waals surface area contributed by atoms with Crippen LogP contribution in [0.15, 0.2) is 0 Å². The SMILES string of the molecule is CCO[Si](CC)(OCC)C(F)CC. The monoisotopic (exact) mass is 208 g/mol. The summed E-state index contributed by atoms with van der Waals surface area (Å²) in [6.07, 6.45) is 0.486. The molecule has 0 aromatic carbocycles. The molecule has 13 heavy (non-hydrogen) atoms. The van der Waals surface area contributed by atoms with Crippen molar-refractivity contribution in [1.82, 2.24) is 0 Å². The van der Waals surface area contributed by atoms with E-state index in [-0.39, 0.29) is 0 Å². The average Bonchev–Trinajstić information content (AvgIpc) is 2.16. The van der Waals surface area contributed by atoms with Crippen molar-refractivity contribution in [1.29, 1.82) is 0 Å². The molecule has 0 heterocycles. The first kappa shape index (κ1) is 13.1. The fraction of sp³-hybridized carbons (Fsp3) is 1.00. The van der Waals surface area contributed by atoms with Gasteiger partial charge in [-0.05, 0) is 26.3 Å². The van der Waals surface area contributed by atoms with Crippen LogP contribution in [0.4, 0.5) is 4.39 Å². The molecular weight excluding hydrogens is 187 g/mol. The van der Waals surface area contributed by atoms with Gasteiger partial charge in [-0.3, -0.25) is 0 Å². The molecule has 0 spiro atoms. The van der Waals surface area contributed by atoms with Gasteiger partial charge in [0.15, 0.2) is 0 Å². The first-order chi connectivity index (χ1) is 6.16. The maximum Gasteiger partial charge on any atom is 0.373 e. The molecule has 0 aliphatic carbocycles. The molecule has 2 nitrogen and oxygen atoms in total. The van der Waals surface area contributed by atoms with E-state index >= 15 is 0 Å². The molecule has 0 saturated heterocycles. The molecule has 0 aromatic rings. The highest BCUT2D eigenvalue weighted by atomic mass is 28.4. The third-order valence-electron chi connectivity index (χ3n) is 2.11. The molecule has 0 aliphatic heterocycles. The first-order valence-electron chi connectivity index (χ1n) is 5.08. The second kappa shape index (κ2) is 6.51. The summed E-state index contributed by atoms with van der Waals surface area (Å²) in [6.45, 7) is 8.64. The van der Waals surface area contributed by atoms with Crippen LogP contribution in [0.25, 0.3) is 0 Å². The fourth-order valence-corrected chi connectivity index (χ4v) is 4.34. The Morgan fingerprint density at radius 3 is 1.77 bits per heavy atom. The van der Waals surface area contributed by atoms with E-state index in [1.54, 1.807) is 0 Å². The van der Waals surface area contributed by atoms with E-state index in [1.807, 2.05) is 27.7 Å². The van der Waals surface area contributed by atoms with Gasteiger partial charge in [0.25, 0.3) is 0 Å². The van der Waals surface area contributed by atoms with Crippen molar-refractivity contribution in [2.24, 2.45) is 0 Å². The number of halogens is 1. The minimum absolute atomic E-state index is 0.486. The summed E-state index contributed by atoms with van der Waals surface area (Å²) in [5, 5.41) is 0. The van der Waals surface area contributed by atoms with Crippen LogP contribution in [0.1, 0.15) is 34.1 Å². The molecule has 4 heteroatoms. The summed E-state index contributed by atoms with van der Waals surface area (Å²) in [5.74, 6) is -0.905. The molecule has 0 N–H and O–H groups in total. The molecule has 0 rings (SSSR count). The van der Waals surface area contributed by atoms with Crippen LogP contribution in [-0.4, -0.2) is 27.6 Å². The zero-order valence-corrected chi connectivity index (χ0v) is 10.1. The van der Waals surface area contributed by atoms with E-state index in [0.717, 1.165) is 0 Å². The summed E-state index contributed by atoms with van der Waals surface area (Å²) in [5.41, 5.74) is 0. The van der Waals surface area contributed by atoms with Crippen LogP contribution < -0.4 is 0 Å². The lowest BCUT2D eigenvalue weighted by atomic mass is 10.5. The van der Waals surface area contributed by atoms with Crippen LogP contribution >= 0.6 is 0 Å². The molecule has 0 aliphatic rings. The second-order valence-electron chi connectivity index (χ2n) is 2.91. The number of rotatable bonds is 7. The van der Waals surface area contributed by atoms with Gasteiger partial charge in [0.05, 0.1) is 0 Å². The Morgan fingerprint density at radius 2 is 1.54 bits per heavy atom. The lowest BCUT2D eigenvalue weighted by Gasteiger charge is -2.31. The lowest BCUT2D eigenvalue weighted by Crippen LogP contribution is -2.51. The van der Waals surface area contributed by atoms with E-state index in [1.165, 1.54) is 0 Å². The highest BCUT2D eigenvalue weighted by Gasteiger charge is 2.43. The van der Waals surface area contributed by atoms with E-state index < -0.39 is 14.4 Å². The Bertz CT molecular complexity index is 127. The quantitative estimate of drug-likeness (QED) is 0.599. The van der Waals surface area contributed by atoms with Gasteiger partial charge in [-0.15, -0.1) is 0 Å². The van der Waals surface area contributed by atoms with Crippen molar-refractivity contribution in [2.45, 2.75) is 46.0 Å². The summed E-state index contributed by atoms with van der Waals surface area (Å²) >= 11 is 0. The highest BCUT2D eigenvalue weighted by Crippen LogP contribution is 2.22. The van der Waals surface area contributed by atoms with Gasteiger partial charge < -0.3 is 8.85 Å². The van der Waals surface area contributed by atoms with Gasteiger partial charge in [0.2, 0.25) is 0 Å². The molecule has 80 valence electrons. The molecule has 0 bridgehead atoms. The highest BCUT2D eigenvalue weighted by molar-refractivity contribution is 6.68. The van der Waals surface area contributed by atoms with Crippen LogP contribution in [-0.2, 0) is 8.85 Å². The van der Waals surface area contributed by atoms with Crippen molar-refractivity contribution in [3.05, 3.63) is 0 Å². The second-order valence-corrected chi connectivity index (χ2v) is 6.44. The average molecular weight is 208 g/mol. The summed E-state index contributed by atoms with van der Waals surface area (Å²) < 4.78 is 24.7. The summed E-state index contributed by atoms with van der Waals surface area (Å²) in [4.78, 5) is 0. The summed E-state index contributed by atoms with van der Waals surface area (Å²) in [7, 11) is -2.54. The lowest BCUT2D eigenvalue weighted by molar-refractivity contribution is 0.147. The van der Waals surface area contributed by atoms with E-state index in [2.05, 4.69) is 0 Å². The zero-order chi connectivity index (χ0) is 10.3. The largest absolute Gasteiger partial charge is 0.393 e. The minimum Gasteiger partial charge on any atom is -0.393 e. The Kier molecular flexibility index (Phi) is 6.54. The van der Waals surface area contributed by atoms with E-state index in [4.69, 9.17) is 8.85 Å². The van der Waals surface area contributed by atoms with Crippen molar-refractivity contribution >= 4 is 8.56 Å². The van der Waals surface area contributed by atoms with Crippen molar-refractivity contribution in [3.63, 3.8) is 0 Å². The Labute approximate surface area is 81.7 Å². The Balaban J connectivity index is 4.42. The molecule has 0 aromatic heterocycles. The molecule has 1 unspecified atom stereocenters. The third-order valence-corrected chi connectivity index (χ3v) is 6.01. The smallest absolute Gasteiger partial charge is 0.373 e. The normalized spacial score (nSPS) is 14.5. The number of hydrogen-bond acceptors (Lipinski definition) is 2. The van der Waals surface area contributed by atoms with Crippen LogP contribution in [0.2, 0.25) is 6.04 Å². The van der Waals surface area contributed by atoms with E-state index in [0.29, 0.717) is 25.7 Å². The predicted molar refractivity (Wildman–Crippen MR) is 54.7 cm³/mol.